The maximum Gasteiger partial charge on any atom is 0.174 e. The van der Waals surface area contributed by atoms with Crippen molar-refractivity contribution >= 4 is 11.4 Å². The van der Waals surface area contributed by atoms with Crippen LogP contribution in [-0.2, 0) is 0 Å². The highest BCUT2D eigenvalue weighted by atomic mass is 19.1. The minimum absolute atomic E-state index is 0.175. The molecule has 0 saturated heterocycles. The molecule has 0 aliphatic rings. The van der Waals surface area contributed by atoms with Gasteiger partial charge >= 0.3 is 0 Å². The summed E-state index contributed by atoms with van der Waals surface area (Å²) < 4.78 is 19.2. The topological polar surface area (TPSA) is 51.4 Å². The molecule has 0 atom stereocenters. The quantitative estimate of drug-likeness (QED) is 0.922. The molecule has 2 N–H and O–H groups in total. The van der Waals surface area contributed by atoms with E-state index in [-0.39, 0.29) is 5.75 Å². The number of ether oxygens (including phenoxy) is 1. The van der Waals surface area contributed by atoms with Crippen molar-refractivity contribution in [3.05, 3.63) is 36.3 Å². The van der Waals surface area contributed by atoms with Crippen molar-refractivity contribution in [3.8, 4) is 17.0 Å². The lowest BCUT2D eigenvalue weighted by Gasteiger charge is -2.17. The van der Waals surface area contributed by atoms with Crippen LogP contribution in [-0.4, -0.2) is 26.2 Å². The fraction of sp³-hybridized carbons (Fsp3) is 0.214. The number of pyridine rings is 1. The second kappa shape index (κ2) is 5.14. The Morgan fingerprint density at radius 1 is 1.26 bits per heavy atom. The number of rotatable bonds is 3. The summed E-state index contributed by atoms with van der Waals surface area (Å²) in [6.45, 7) is 0. The zero-order valence-electron chi connectivity index (χ0n) is 11.1. The SMILES string of the molecule is COc1cccc(-c2nccc(N(C)C)c2N)c1F. The number of nitrogens with two attached hydrogens (primary N) is 1. The Hall–Kier alpha value is -2.30. The molecule has 2 rings (SSSR count). The van der Waals surface area contributed by atoms with Crippen molar-refractivity contribution in [2.75, 3.05) is 31.8 Å². The van der Waals surface area contributed by atoms with Crippen molar-refractivity contribution in [1.82, 2.24) is 4.98 Å². The van der Waals surface area contributed by atoms with Crippen LogP contribution in [0.1, 0.15) is 0 Å². The summed E-state index contributed by atoms with van der Waals surface area (Å²) >= 11 is 0. The molecule has 4 nitrogen and oxygen atoms in total. The second-order valence-corrected chi connectivity index (χ2v) is 4.31. The van der Waals surface area contributed by atoms with Gasteiger partial charge in [-0.1, -0.05) is 6.07 Å². The van der Waals surface area contributed by atoms with E-state index in [1.165, 1.54) is 7.11 Å². The van der Waals surface area contributed by atoms with Crippen LogP contribution in [0.3, 0.4) is 0 Å². The van der Waals surface area contributed by atoms with Crippen LogP contribution >= 0.6 is 0 Å². The Bertz CT molecular complexity index is 599. The largest absolute Gasteiger partial charge is 0.494 e. The number of nitrogen functional groups attached to an aromatic ring is 1. The van der Waals surface area contributed by atoms with E-state index in [1.807, 2.05) is 19.0 Å². The number of halogens is 1. The Morgan fingerprint density at radius 3 is 2.63 bits per heavy atom. The van der Waals surface area contributed by atoms with E-state index in [0.29, 0.717) is 16.9 Å². The predicted octanol–water partition coefficient (Wildman–Crippen LogP) is 2.54. The van der Waals surface area contributed by atoms with Gasteiger partial charge in [-0.3, -0.25) is 4.98 Å². The molecule has 1 aromatic heterocycles. The number of nitrogens with zero attached hydrogens (tertiary/aromatic N) is 2. The van der Waals surface area contributed by atoms with E-state index in [9.17, 15) is 4.39 Å². The summed E-state index contributed by atoms with van der Waals surface area (Å²) in [6.07, 6.45) is 1.61. The molecule has 0 aliphatic carbocycles. The third-order valence-corrected chi connectivity index (χ3v) is 2.89. The number of hydrogen-bond donors (Lipinski definition) is 1. The lowest BCUT2D eigenvalue weighted by molar-refractivity contribution is 0.387. The van der Waals surface area contributed by atoms with Crippen molar-refractivity contribution in [1.29, 1.82) is 0 Å². The molecule has 0 amide bonds. The van der Waals surface area contributed by atoms with Crippen LogP contribution in [0.5, 0.6) is 5.75 Å². The maximum atomic E-state index is 14.2. The van der Waals surface area contributed by atoms with E-state index in [0.717, 1.165) is 5.69 Å². The van der Waals surface area contributed by atoms with Gasteiger partial charge in [0.25, 0.3) is 0 Å². The number of benzene rings is 1. The standard InChI is InChI=1S/C14H16FN3O/c1-18(2)10-7-8-17-14(13(10)16)9-5-4-6-11(19-3)12(9)15/h4-8H,16H2,1-3H3. The van der Waals surface area contributed by atoms with Gasteiger partial charge in [-0.05, 0) is 18.2 Å². The molecule has 1 heterocycles. The molecule has 0 fully saturated rings. The Labute approximate surface area is 111 Å². The minimum atomic E-state index is -0.458. The molecule has 0 aliphatic heterocycles. The molecule has 19 heavy (non-hydrogen) atoms. The zero-order valence-corrected chi connectivity index (χ0v) is 11.1. The normalized spacial score (nSPS) is 10.3. The first kappa shape index (κ1) is 13.1. The van der Waals surface area contributed by atoms with Crippen molar-refractivity contribution in [3.63, 3.8) is 0 Å². The van der Waals surface area contributed by atoms with Gasteiger partial charge in [-0.25, -0.2) is 4.39 Å². The predicted molar refractivity (Wildman–Crippen MR) is 74.9 cm³/mol. The van der Waals surface area contributed by atoms with Gasteiger partial charge in [-0.2, -0.15) is 0 Å². The highest BCUT2D eigenvalue weighted by Gasteiger charge is 2.16. The summed E-state index contributed by atoms with van der Waals surface area (Å²) in [6, 6.07) is 6.69. The fourth-order valence-corrected chi connectivity index (χ4v) is 1.92. The second-order valence-electron chi connectivity index (χ2n) is 4.31. The van der Waals surface area contributed by atoms with Gasteiger partial charge in [0.05, 0.1) is 24.2 Å². The van der Waals surface area contributed by atoms with E-state index >= 15 is 0 Å². The van der Waals surface area contributed by atoms with Gasteiger partial charge in [0.1, 0.15) is 0 Å². The van der Waals surface area contributed by atoms with E-state index in [4.69, 9.17) is 10.5 Å². The van der Waals surface area contributed by atoms with Crippen LogP contribution in [0.2, 0.25) is 0 Å². The molecule has 0 unspecified atom stereocenters. The molecule has 0 spiro atoms. The lowest BCUT2D eigenvalue weighted by Crippen LogP contribution is -2.12. The average Bonchev–Trinajstić information content (AvgIpc) is 2.39. The third-order valence-electron chi connectivity index (χ3n) is 2.89. The average molecular weight is 261 g/mol. The highest BCUT2D eigenvalue weighted by molar-refractivity contribution is 5.83. The van der Waals surface area contributed by atoms with Gasteiger partial charge in [-0.15, -0.1) is 0 Å². The van der Waals surface area contributed by atoms with Gasteiger partial charge in [0.2, 0.25) is 0 Å². The van der Waals surface area contributed by atoms with Gasteiger partial charge < -0.3 is 15.4 Å². The first-order valence-electron chi connectivity index (χ1n) is 5.81. The molecule has 1 aromatic carbocycles. The molecular formula is C14H16FN3O. The molecule has 100 valence electrons. The van der Waals surface area contributed by atoms with Crippen LogP contribution in [0.25, 0.3) is 11.3 Å². The smallest absolute Gasteiger partial charge is 0.174 e. The Morgan fingerprint density at radius 2 is 2.00 bits per heavy atom. The van der Waals surface area contributed by atoms with E-state index < -0.39 is 5.82 Å². The zero-order chi connectivity index (χ0) is 14.0. The summed E-state index contributed by atoms with van der Waals surface area (Å²) in [5.41, 5.74) is 8.06. The van der Waals surface area contributed by atoms with E-state index in [1.54, 1.807) is 30.5 Å². The van der Waals surface area contributed by atoms with Crippen molar-refractivity contribution in [2.45, 2.75) is 0 Å². The molecular weight excluding hydrogens is 245 g/mol. The van der Waals surface area contributed by atoms with Crippen molar-refractivity contribution in [2.24, 2.45) is 0 Å². The molecule has 0 bridgehead atoms. The minimum Gasteiger partial charge on any atom is -0.494 e. The summed E-state index contributed by atoms with van der Waals surface area (Å²) in [4.78, 5) is 6.04. The fourth-order valence-electron chi connectivity index (χ4n) is 1.92. The monoisotopic (exact) mass is 261 g/mol. The van der Waals surface area contributed by atoms with E-state index in [2.05, 4.69) is 4.98 Å². The van der Waals surface area contributed by atoms with Gasteiger partial charge in [0, 0.05) is 25.9 Å². The maximum absolute atomic E-state index is 14.2. The van der Waals surface area contributed by atoms with Crippen LogP contribution < -0.4 is 15.4 Å². The summed E-state index contributed by atoms with van der Waals surface area (Å²) in [5, 5.41) is 0. The molecule has 0 saturated carbocycles. The Balaban J connectivity index is 2.63. The number of hydrogen-bond acceptors (Lipinski definition) is 4. The van der Waals surface area contributed by atoms with Crippen LogP contribution in [0.15, 0.2) is 30.5 Å². The molecule has 5 heteroatoms. The van der Waals surface area contributed by atoms with Crippen LogP contribution in [0, 0.1) is 5.82 Å². The molecule has 2 aromatic rings. The third kappa shape index (κ3) is 2.31. The summed E-state index contributed by atoms with van der Waals surface area (Å²) in [5.74, 6) is -0.283. The van der Waals surface area contributed by atoms with Crippen LogP contribution in [0.4, 0.5) is 15.8 Å². The number of aromatic nitrogens is 1. The first-order chi connectivity index (χ1) is 9.06. The lowest BCUT2D eigenvalue weighted by atomic mass is 10.1. The number of methoxy groups -OCH3 is 1. The highest BCUT2D eigenvalue weighted by Crippen LogP contribution is 2.34. The van der Waals surface area contributed by atoms with Gasteiger partial charge in [0.15, 0.2) is 11.6 Å². The molecule has 0 radical (unpaired) electrons. The Kier molecular flexibility index (Phi) is 3.55. The van der Waals surface area contributed by atoms with Crippen molar-refractivity contribution < 1.29 is 9.13 Å². The first-order valence-corrected chi connectivity index (χ1v) is 5.81. The number of anilines is 2. The summed E-state index contributed by atoms with van der Waals surface area (Å²) in [7, 11) is 5.17.